The van der Waals surface area contributed by atoms with Gasteiger partial charge in [-0.2, -0.15) is 0 Å². The topological polar surface area (TPSA) is 71.1 Å². The number of anilines is 2. The van der Waals surface area contributed by atoms with E-state index in [2.05, 4.69) is 15.6 Å². The molecule has 3 aromatic carbocycles. The largest absolute Gasteiger partial charge is 0.326 e. The van der Waals surface area contributed by atoms with Gasteiger partial charge < -0.3 is 10.6 Å². The van der Waals surface area contributed by atoms with Gasteiger partial charge in [-0.05, 0) is 55.2 Å². The van der Waals surface area contributed by atoms with Gasteiger partial charge >= 0.3 is 0 Å². The van der Waals surface area contributed by atoms with Crippen molar-refractivity contribution in [2.24, 2.45) is 0 Å². The lowest BCUT2D eigenvalue weighted by Gasteiger charge is -2.10. The van der Waals surface area contributed by atoms with Gasteiger partial charge in [0.05, 0.1) is 16.0 Å². The summed E-state index contributed by atoms with van der Waals surface area (Å²) in [6.07, 6.45) is 1.14. The molecule has 4 rings (SSSR count). The van der Waals surface area contributed by atoms with Crippen molar-refractivity contribution >= 4 is 56.5 Å². The van der Waals surface area contributed by atoms with Gasteiger partial charge in [-0.25, -0.2) is 4.98 Å². The highest BCUT2D eigenvalue weighted by Gasteiger charge is 2.11. The van der Waals surface area contributed by atoms with E-state index in [0.717, 1.165) is 42.6 Å². The van der Waals surface area contributed by atoms with E-state index in [1.165, 1.54) is 23.1 Å². The number of rotatable bonds is 8. The molecule has 0 spiro atoms. The molecule has 0 bridgehead atoms. The summed E-state index contributed by atoms with van der Waals surface area (Å²) >= 11 is 2.94. The van der Waals surface area contributed by atoms with Crippen LogP contribution in [-0.4, -0.2) is 22.6 Å². The second kappa shape index (κ2) is 10.6. The molecular formula is C26H25N3O2S2. The number of para-hydroxylation sites is 1. The third kappa shape index (κ3) is 6.21. The van der Waals surface area contributed by atoms with Crippen molar-refractivity contribution in [3.05, 3.63) is 83.4 Å². The van der Waals surface area contributed by atoms with Crippen LogP contribution in [0.2, 0.25) is 0 Å². The number of aryl methyl sites for hydroxylation is 3. The van der Waals surface area contributed by atoms with Gasteiger partial charge in [0.1, 0.15) is 0 Å². The highest BCUT2D eigenvalue weighted by Crippen LogP contribution is 2.31. The lowest BCUT2D eigenvalue weighted by molar-refractivity contribution is -0.116. The van der Waals surface area contributed by atoms with Crippen molar-refractivity contribution in [1.82, 2.24) is 4.98 Å². The molecule has 5 nitrogen and oxygen atoms in total. The minimum atomic E-state index is -0.0528. The summed E-state index contributed by atoms with van der Waals surface area (Å²) in [5, 5.41) is 5.98. The maximum Gasteiger partial charge on any atom is 0.234 e. The molecule has 7 heteroatoms. The number of amides is 2. The SMILES string of the molecule is Cc1cccc(C)c1NC(=O)CSc1nc2ccc(NC(=O)CCc3ccccc3)cc2s1. The zero-order valence-corrected chi connectivity index (χ0v) is 20.2. The van der Waals surface area contributed by atoms with E-state index in [1.807, 2.05) is 80.6 Å². The maximum absolute atomic E-state index is 12.4. The average molecular weight is 476 g/mol. The number of hydrogen-bond donors (Lipinski definition) is 2. The minimum Gasteiger partial charge on any atom is -0.326 e. The predicted molar refractivity (Wildman–Crippen MR) is 138 cm³/mol. The van der Waals surface area contributed by atoms with Crippen LogP contribution < -0.4 is 10.6 Å². The smallest absolute Gasteiger partial charge is 0.234 e. The first kappa shape index (κ1) is 23.0. The summed E-state index contributed by atoms with van der Waals surface area (Å²) in [6, 6.07) is 21.6. The molecule has 1 heterocycles. The zero-order chi connectivity index (χ0) is 23.2. The first-order valence-corrected chi connectivity index (χ1v) is 12.5. The number of thiazole rings is 1. The van der Waals surface area contributed by atoms with E-state index in [-0.39, 0.29) is 17.6 Å². The van der Waals surface area contributed by atoms with E-state index in [4.69, 9.17) is 0 Å². The van der Waals surface area contributed by atoms with Gasteiger partial charge in [-0.15, -0.1) is 11.3 Å². The molecule has 1 aromatic heterocycles. The predicted octanol–water partition coefficient (Wildman–Crippen LogP) is 6.22. The Balaban J connectivity index is 1.33. The van der Waals surface area contributed by atoms with Crippen LogP contribution in [0.15, 0.2) is 71.1 Å². The van der Waals surface area contributed by atoms with E-state index >= 15 is 0 Å². The fourth-order valence-electron chi connectivity index (χ4n) is 3.48. The lowest BCUT2D eigenvalue weighted by Crippen LogP contribution is -2.15. The van der Waals surface area contributed by atoms with Crippen LogP contribution in [0, 0.1) is 13.8 Å². The number of carbonyl (C=O) groups excluding carboxylic acids is 2. The van der Waals surface area contributed by atoms with Crippen LogP contribution in [0.25, 0.3) is 10.2 Å². The molecule has 0 radical (unpaired) electrons. The van der Waals surface area contributed by atoms with E-state index < -0.39 is 0 Å². The lowest BCUT2D eigenvalue weighted by atomic mass is 10.1. The van der Waals surface area contributed by atoms with Crippen molar-refractivity contribution < 1.29 is 9.59 Å². The highest BCUT2D eigenvalue weighted by atomic mass is 32.2. The Morgan fingerprint density at radius 3 is 2.42 bits per heavy atom. The Hall–Kier alpha value is -3.16. The zero-order valence-electron chi connectivity index (χ0n) is 18.6. The molecule has 2 N–H and O–H groups in total. The number of benzene rings is 3. The molecule has 0 unspecified atom stereocenters. The van der Waals surface area contributed by atoms with E-state index in [9.17, 15) is 9.59 Å². The van der Waals surface area contributed by atoms with Crippen molar-refractivity contribution in [2.75, 3.05) is 16.4 Å². The molecule has 0 aliphatic rings. The normalized spacial score (nSPS) is 10.8. The summed E-state index contributed by atoms with van der Waals surface area (Å²) < 4.78 is 1.81. The van der Waals surface area contributed by atoms with Gasteiger partial charge in [-0.3, -0.25) is 9.59 Å². The number of carbonyl (C=O) groups is 2. The van der Waals surface area contributed by atoms with Crippen LogP contribution in [0.3, 0.4) is 0 Å². The highest BCUT2D eigenvalue weighted by molar-refractivity contribution is 8.01. The molecule has 4 aromatic rings. The van der Waals surface area contributed by atoms with Crippen molar-refractivity contribution in [1.29, 1.82) is 0 Å². The van der Waals surface area contributed by atoms with E-state index in [0.29, 0.717) is 12.8 Å². The Kier molecular flexibility index (Phi) is 7.42. The first-order chi connectivity index (χ1) is 16.0. The van der Waals surface area contributed by atoms with Crippen LogP contribution in [0.4, 0.5) is 11.4 Å². The number of aromatic nitrogens is 1. The number of thioether (sulfide) groups is 1. The minimum absolute atomic E-state index is 0.0134. The molecule has 0 saturated carbocycles. The summed E-state index contributed by atoms with van der Waals surface area (Å²) in [7, 11) is 0. The molecule has 0 aliphatic carbocycles. The Morgan fingerprint density at radius 1 is 0.909 bits per heavy atom. The number of hydrogen-bond acceptors (Lipinski definition) is 5. The van der Waals surface area contributed by atoms with Crippen LogP contribution in [0.5, 0.6) is 0 Å². The number of fused-ring (bicyclic) bond motifs is 1. The molecule has 168 valence electrons. The van der Waals surface area contributed by atoms with Gasteiger partial charge in [0, 0.05) is 17.8 Å². The first-order valence-electron chi connectivity index (χ1n) is 10.7. The fourth-order valence-corrected chi connectivity index (χ4v) is 5.39. The number of nitrogens with zero attached hydrogens (tertiary/aromatic N) is 1. The summed E-state index contributed by atoms with van der Waals surface area (Å²) in [5.41, 5.74) is 5.74. The summed E-state index contributed by atoms with van der Waals surface area (Å²) in [4.78, 5) is 29.4. The standard InChI is InChI=1S/C26H25N3O2S2/c1-17-7-6-8-18(2)25(17)29-24(31)16-32-26-28-21-13-12-20(15-22(21)33-26)27-23(30)14-11-19-9-4-3-5-10-19/h3-10,12-13,15H,11,14,16H2,1-2H3,(H,27,30)(H,29,31). The Morgan fingerprint density at radius 2 is 1.67 bits per heavy atom. The van der Waals surface area contributed by atoms with E-state index in [1.54, 1.807) is 0 Å². The second-order valence-corrected chi connectivity index (χ2v) is 10.1. The third-order valence-corrected chi connectivity index (χ3v) is 7.37. The Labute approximate surface area is 201 Å². The summed E-state index contributed by atoms with van der Waals surface area (Å²) in [6.45, 7) is 3.97. The summed E-state index contributed by atoms with van der Waals surface area (Å²) in [5.74, 6) is 0.222. The van der Waals surface area contributed by atoms with Gasteiger partial charge in [0.25, 0.3) is 0 Å². The quantitative estimate of drug-likeness (QED) is 0.297. The van der Waals surface area contributed by atoms with Crippen molar-refractivity contribution in [3.63, 3.8) is 0 Å². The number of nitrogens with one attached hydrogen (secondary N) is 2. The molecule has 0 saturated heterocycles. The maximum atomic E-state index is 12.4. The van der Waals surface area contributed by atoms with Crippen LogP contribution >= 0.6 is 23.1 Å². The molecular weight excluding hydrogens is 450 g/mol. The molecule has 33 heavy (non-hydrogen) atoms. The van der Waals surface area contributed by atoms with Crippen molar-refractivity contribution in [2.45, 2.75) is 31.0 Å². The monoisotopic (exact) mass is 475 g/mol. The van der Waals surface area contributed by atoms with Gasteiger partial charge in [0.15, 0.2) is 4.34 Å². The molecule has 2 amide bonds. The van der Waals surface area contributed by atoms with Crippen LogP contribution in [0.1, 0.15) is 23.1 Å². The molecule has 0 fully saturated rings. The van der Waals surface area contributed by atoms with Gasteiger partial charge in [0.2, 0.25) is 11.8 Å². The fraction of sp³-hybridized carbons (Fsp3) is 0.192. The van der Waals surface area contributed by atoms with Gasteiger partial charge in [-0.1, -0.05) is 60.3 Å². The second-order valence-electron chi connectivity index (χ2n) is 7.80. The third-order valence-electron chi connectivity index (χ3n) is 5.21. The van der Waals surface area contributed by atoms with Crippen LogP contribution in [-0.2, 0) is 16.0 Å². The molecule has 0 aliphatic heterocycles. The average Bonchev–Trinajstić information content (AvgIpc) is 3.22. The van der Waals surface area contributed by atoms with Crippen molar-refractivity contribution in [3.8, 4) is 0 Å². The molecule has 0 atom stereocenters. The Bertz CT molecular complexity index is 1270.